The van der Waals surface area contributed by atoms with Crippen LogP contribution in [-0.2, 0) is 9.53 Å². The number of aliphatic carboxylic acids is 1. The van der Waals surface area contributed by atoms with Gasteiger partial charge in [0.2, 0.25) is 0 Å². The monoisotopic (exact) mass is 348 g/mol. The molecular formula is C22H36O3. The van der Waals surface area contributed by atoms with E-state index in [1.54, 1.807) is 0 Å². The Labute approximate surface area is 153 Å². The first-order chi connectivity index (χ1) is 12.2. The lowest BCUT2D eigenvalue weighted by Crippen LogP contribution is -1.93. The van der Waals surface area contributed by atoms with Crippen molar-refractivity contribution in [3.63, 3.8) is 0 Å². The van der Waals surface area contributed by atoms with Gasteiger partial charge >= 0.3 is 5.97 Å². The highest BCUT2D eigenvalue weighted by Crippen LogP contribution is 2.30. The van der Waals surface area contributed by atoms with Crippen molar-refractivity contribution in [2.75, 3.05) is 0 Å². The molecule has 1 fully saturated rings. The van der Waals surface area contributed by atoms with E-state index < -0.39 is 5.97 Å². The highest BCUT2D eigenvalue weighted by atomic mass is 16.6. The fourth-order valence-corrected chi connectivity index (χ4v) is 2.84. The highest BCUT2D eigenvalue weighted by Gasteiger charge is 2.36. The molecule has 0 spiro atoms. The van der Waals surface area contributed by atoms with E-state index in [9.17, 15) is 4.79 Å². The first-order valence-corrected chi connectivity index (χ1v) is 10.1. The van der Waals surface area contributed by atoms with Crippen LogP contribution in [0.5, 0.6) is 0 Å². The fourth-order valence-electron chi connectivity index (χ4n) is 2.84. The molecule has 0 aromatic carbocycles. The van der Waals surface area contributed by atoms with Crippen molar-refractivity contribution in [1.82, 2.24) is 0 Å². The molecule has 0 bridgehead atoms. The zero-order chi connectivity index (χ0) is 18.2. The van der Waals surface area contributed by atoms with Gasteiger partial charge in [-0.25, -0.2) is 0 Å². The van der Waals surface area contributed by atoms with Crippen LogP contribution in [0, 0.1) is 0 Å². The number of carboxylic acids is 1. The van der Waals surface area contributed by atoms with Gasteiger partial charge < -0.3 is 9.84 Å². The predicted octanol–water partition coefficient (Wildman–Crippen LogP) is 6.21. The van der Waals surface area contributed by atoms with Gasteiger partial charge in [-0.15, -0.1) is 0 Å². The molecule has 2 atom stereocenters. The smallest absolute Gasteiger partial charge is 0.303 e. The van der Waals surface area contributed by atoms with E-state index in [2.05, 4.69) is 43.4 Å². The first kappa shape index (κ1) is 21.7. The molecule has 0 amide bonds. The van der Waals surface area contributed by atoms with E-state index in [1.807, 2.05) is 0 Å². The van der Waals surface area contributed by atoms with Gasteiger partial charge in [-0.05, 0) is 44.9 Å². The number of allylic oxidation sites excluding steroid dienone is 5. The predicted molar refractivity (Wildman–Crippen MR) is 105 cm³/mol. The quantitative estimate of drug-likeness (QED) is 0.205. The topological polar surface area (TPSA) is 49.8 Å². The van der Waals surface area contributed by atoms with E-state index in [4.69, 9.17) is 9.84 Å². The van der Waals surface area contributed by atoms with Crippen molar-refractivity contribution in [3.8, 4) is 0 Å². The van der Waals surface area contributed by atoms with Crippen LogP contribution >= 0.6 is 0 Å². The van der Waals surface area contributed by atoms with Crippen LogP contribution < -0.4 is 0 Å². The van der Waals surface area contributed by atoms with Crippen LogP contribution in [0.15, 0.2) is 36.5 Å². The maximum absolute atomic E-state index is 10.4. The van der Waals surface area contributed by atoms with Gasteiger partial charge in [0.05, 0.1) is 12.2 Å². The summed E-state index contributed by atoms with van der Waals surface area (Å²) in [6.45, 7) is 2.24. The largest absolute Gasteiger partial charge is 0.481 e. The molecule has 1 N–H and O–H groups in total. The molecule has 1 heterocycles. The average Bonchev–Trinajstić information content (AvgIpc) is 3.33. The average molecular weight is 349 g/mol. The molecule has 1 aliphatic rings. The van der Waals surface area contributed by atoms with Crippen LogP contribution in [0.25, 0.3) is 0 Å². The number of ether oxygens (including phenoxy) is 1. The Morgan fingerprint density at radius 3 is 2.32 bits per heavy atom. The maximum atomic E-state index is 10.4. The Morgan fingerprint density at radius 2 is 1.60 bits per heavy atom. The van der Waals surface area contributed by atoms with Crippen molar-refractivity contribution in [2.45, 2.75) is 96.2 Å². The van der Waals surface area contributed by atoms with E-state index >= 15 is 0 Å². The van der Waals surface area contributed by atoms with Gasteiger partial charge in [-0.2, -0.15) is 0 Å². The van der Waals surface area contributed by atoms with E-state index in [1.165, 1.54) is 25.7 Å². The molecule has 0 unspecified atom stereocenters. The Morgan fingerprint density at radius 1 is 0.880 bits per heavy atom. The summed E-state index contributed by atoms with van der Waals surface area (Å²) in [5.41, 5.74) is 0. The summed E-state index contributed by atoms with van der Waals surface area (Å²) in [7, 11) is 0. The van der Waals surface area contributed by atoms with Crippen LogP contribution in [0.1, 0.15) is 84.0 Å². The van der Waals surface area contributed by atoms with Gasteiger partial charge in [0.1, 0.15) is 0 Å². The summed E-state index contributed by atoms with van der Waals surface area (Å²) in [5, 5.41) is 8.54. The molecule has 142 valence electrons. The lowest BCUT2D eigenvalue weighted by Gasteiger charge is -1.94. The first-order valence-electron chi connectivity index (χ1n) is 10.1. The molecule has 25 heavy (non-hydrogen) atoms. The number of carboxylic acid groups (broad SMARTS) is 1. The number of unbranched alkanes of at least 4 members (excludes halogenated alkanes) is 5. The van der Waals surface area contributed by atoms with E-state index in [-0.39, 0.29) is 0 Å². The highest BCUT2D eigenvalue weighted by molar-refractivity contribution is 5.66. The Kier molecular flexibility index (Phi) is 13.0. The van der Waals surface area contributed by atoms with E-state index in [0.717, 1.165) is 44.9 Å². The third kappa shape index (κ3) is 13.6. The molecule has 1 rings (SSSR count). The molecule has 0 aliphatic carbocycles. The Bertz CT molecular complexity index is 423. The second-order valence-electron chi connectivity index (χ2n) is 6.82. The molecule has 1 saturated heterocycles. The SMILES string of the molecule is CCCCC[C@@H]1O[C@@H]1C/C=C\C/C=C\C/C=C\CCCCCC(=O)O. The second-order valence-corrected chi connectivity index (χ2v) is 6.82. The standard InChI is InChI=1S/C22H36O3/c1-2-3-14-17-20-21(25-20)18-15-12-10-8-6-4-5-7-9-11-13-16-19-22(23)24/h5-8,12,15,20-21H,2-4,9-11,13-14,16-19H2,1H3,(H,23,24)/b7-5-,8-6-,15-12-/t20-,21+/m0/s1. The number of hydrogen-bond acceptors (Lipinski definition) is 2. The minimum absolute atomic E-state index is 0.298. The Hall–Kier alpha value is -1.35. The number of carbonyl (C=O) groups is 1. The summed E-state index contributed by atoms with van der Waals surface area (Å²) >= 11 is 0. The minimum Gasteiger partial charge on any atom is -0.481 e. The molecule has 3 nitrogen and oxygen atoms in total. The van der Waals surface area contributed by atoms with Crippen molar-refractivity contribution in [1.29, 1.82) is 0 Å². The van der Waals surface area contributed by atoms with Crippen molar-refractivity contribution in [3.05, 3.63) is 36.5 Å². The third-order valence-electron chi connectivity index (χ3n) is 4.45. The van der Waals surface area contributed by atoms with Gasteiger partial charge in [0.25, 0.3) is 0 Å². The molecule has 3 heteroatoms. The molecule has 0 aromatic rings. The number of epoxide rings is 1. The molecule has 0 saturated carbocycles. The summed E-state index contributed by atoms with van der Waals surface area (Å²) in [6, 6.07) is 0. The zero-order valence-corrected chi connectivity index (χ0v) is 15.9. The minimum atomic E-state index is -0.689. The lowest BCUT2D eigenvalue weighted by atomic mass is 10.1. The van der Waals surface area contributed by atoms with Crippen molar-refractivity contribution in [2.24, 2.45) is 0 Å². The van der Waals surface area contributed by atoms with Crippen molar-refractivity contribution < 1.29 is 14.6 Å². The zero-order valence-electron chi connectivity index (χ0n) is 15.9. The van der Waals surface area contributed by atoms with Crippen LogP contribution in [0.4, 0.5) is 0 Å². The lowest BCUT2D eigenvalue weighted by molar-refractivity contribution is -0.137. The second kappa shape index (κ2) is 14.9. The summed E-state index contributed by atoms with van der Waals surface area (Å²) in [4.78, 5) is 10.4. The van der Waals surface area contributed by atoms with Gasteiger partial charge in [-0.1, -0.05) is 69.1 Å². The van der Waals surface area contributed by atoms with Gasteiger partial charge in [0, 0.05) is 6.42 Å². The van der Waals surface area contributed by atoms with E-state index in [0.29, 0.717) is 18.6 Å². The van der Waals surface area contributed by atoms with Crippen LogP contribution in [0.2, 0.25) is 0 Å². The third-order valence-corrected chi connectivity index (χ3v) is 4.45. The normalized spacial score (nSPS) is 20.2. The van der Waals surface area contributed by atoms with Gasteiger partial charge in [0.15, 0.2) is 0 Å². The molecular weight excluding hydrogens is 312 g/mol. The van der Waals surface area contributed by atoms with Crippen LogP contribution in [-0.4, -0.2) is 23.3 Å². The number of rotatable bonds is 16. The maximum Gasteiger partial charge on any atom is 0.303 e. The Balaban J connectivity index is 1.87. The fraction of sp³-hybridized carbons (Fsp3) is 0.682. The summed E-state index contributed by atoms with van der Waals surface area (Å²) in [6.07, 6.45) is 26.7. The van der Waals surface area contributed by atoms with Crippen LogP contribution in [0.3, 0.4) is 0 Å². The number of hydrogen-bond donors (Lipinski definition) is 1. The molecule has 0 radical (unpaired) electrons. The summed E-state index contributed by atoms with van der Waals surface area (Å²) in [5.74, 6) is -0.689. The summed E-state index contributed by atoms with van der Waals surface area (Å²) < 4.78 is 5.67. The molecule has 1 aliphatic heterocycles. The van der Waals surface area contributed by atoms with Crippen molar-refractivity contribution >= 4 is 5.97 Å². The van der Waals surface area contributed by atoms with Gasteiger partial charge in [-0.3, -0.25) is 4.79 Å². The molecule has 0 aromatic heterocycles.